The van der Waals surface area contributed by atoms with Crippen molar-refractivity contribution in [2.24, 2.45) is 0 Å². The molecule has 0 fully saturated rings. The van der Waals surface area contributed by atoms with Crippen LogP contribution in [0.15, 0.2) is 91.0 Å². The number of hydrogen-bond donors (Lipinski definition) is 1. The summed E-state index contributed by atoms with van der Waals surface area (Å²) in [6.45, 7) is 0.0311. The van der Waals surface area contributed by atoms with Crippen molar-refractivity contribution in [3.8, 4) is 23.0 Å². The van der Waals surface area contributed by atoms with E-state index in [9.17, 15) is 14.0 Å². The Bertz CT molecular complexity index is 1470. The number of benzene rings is 4. The Labute approximate surface area is 244 Å². The fourth-order valence-electron chi connectivity index (χ4n) is 4.60. The molecule has 0 aliphatic rings. The molecule has 1 N–H and O–H groups in total. The predicted molar refractivity (Wildman–Crippen MR) is 158 cm³/mol. The molecule has 8 nitrogen and oxygen atoms in total. The summed E-state index contributed by atoms with van der Waals surface area (Å²) in [6.07, 6.45) is 0.0405. The highest BCUT2D eigenvalue weighted by molar-refractivity contribution is 5.98. The summed E-state index contributed by atoms with van der Waals surface area (Å²) in [6, 6.07) is 24.1. The van der Waals surface area contributed by atoms with Crippen LogP contribution in [-0.2, 0) is 22.6 Å². The number of halogens is 1. The largest absolute Gasteiger partial charge is 0.497 e. The topological polar surface area (TPSA) is 86.3 Å². The maximum Gasteiger partial charge on any atom is 0.251 e. The Hall–Kier alpha value is -5.05. The van der Waals surface area contributed by atoms with Gasteiger partial charge in [0.05, 0.1) is 34.9 Å². The molecule has 4 rings (SSSR count). The Balaban J connectivity index is 1.84. The van der Waals surface area contributed by atoms with Crippen LogP contribution in [-0.4, -0.2) is 45.2 Å². The number of nitrogens with one attached hydrogen (secondary N) is 1. The van der Waals surface area contributed by atoms with Gasteiger partial charge in [-0.15, -0.1) is 0 Å². The van der Waals surface area contributed by atoms with Gasteiger partial charge in [-0.2, -0.15) is 0 Å². The molecule has 0 aromatic heterocycles. The average Bonchev–Trinajstić information content (AvgIpc) is 3.01. The zero-order valence-electron chi connectivity index (χ0n) is 23.9. The second-order valence-electron chi connectivity index (χ2n) is 9.39. The molecule has 0 spiro atoms. The van der Waals surface area contributed by atoms with Gasteiger partial charge in [0, 0.05) is 12.2 Å². The first-order valence-corrected chi connectivity index (χ1v) is 13.2. The molecule has 0 radical (unpaired) electrons. The highest BCUT2D eigenvalue weighted by Gasteiger charge is 2.33. The maximum atomic E-state index is 14.2. The smallest absolute Gasteiger partial charge is 0.251 e. The molecular formula is C33H33FN2O6. The first-order valence-electron chi connectivity index (χ1n) is 13.2. The zero-order chi connectivity index (χ0) is 30.1. The van der Waals surface area contributed by atoms with Crippen molar-refractivity contribution in [3.05, 3.63) is 114 Å². The molecule has 4 aromatic carbocycles. The molecule has 0 saturated carbocycles. The van der Waals surface area contributed by atoms with E-state index < -0.39 is 17.8 Å². The monoisotopic (exact) mass is 572 g/mol. The van der Waals surface area contributed by atoms with Gasteiger partial charge in [-0.3, -0.25) is 9.59 Å². The van der Waals surface area contributed by atoms with Crippen LogP contribution in [0.3, 0.4) is 0 Å². The van der Waals surface area contributed by atoms with Gasteiger partial charge >= 0.3 is 0 Å². The van der Waals surface area contributed by atoms with E-state index in [0.717, 1.165) is 5.56 Å². The van der Waals surface area contributed by atoms with E-state index in [4.69, 9.17) is 18.9 Å². The number of nitrogens with zero attached hydrogens (tertiary/aromatic N) is 1. The second kappa shape index (κ2) is 14.0. The quantitative estimate of drug-likeness (QED) is 0.231. The molecule has 0 saturated heterocycles. The van der Waals surface area contributed by atoms with Crippen molar-refractivity contribution in [2.45, 2.75) is 19.0 Å². The van der Waals surface area contributed by atoms with Crippen molar-refractivity contribution in [1.29, 1.82) is 0 Å². The molecule has 9 heteroatoms. The summed E-state index contributed by atoms with van der Waals surface area (Å²) >= 11 is 0. The molecule has 4 aromatic rings. The van der Waals surface area contributed by atoms with Crippen LogP contribution in [0.4, 0.5) is 10.1 Å². The number of amides is 2. The molecule has 0 aliphatic heterocycles. The number of hydrogen-bond acceptors (Lipinski definition) is 6. The van der Waals surface area contributed by atoms with E-state index in [0.29, 0.717) is 39.8 Å². The molecule has 0 bridgehead atoms. The van der Waals surface area contributed by atoms with Gasteiger partial charge in [-0.1, -0.05) is 42.5 Å². The predicted octanol–water partition coefficient (Wildman–Crippen LogP) is 5.81. The lowest BCUT2D eigenvalue weighted by atomic mass is 10.00. The molecule has 0 aliphatic carbocycles. The van der Waals surface area contributed by atoms with Gasteiger partial charge in [0.15, 0.2) is 11.5 Å². The highest BCUT2D eigenvalue weighted by atomic mass is 19.1. The standard InChI is InChI=1S/C33H33FN2O6/c1-39-27-16-14-26(15-17-27)35-33(38)31(24-19-28(40-2)32(42-4)29(20-24)41-3)36(21-23-10-12-25(34)13-11-23)30(37)18-22-8-6-5-7-9-22/h5-17,19-20,31H,18,21H2,1-4H3,(H,35,38). The zero-order valence-corrected chi connectivity index (χ0v) is 23.9. The van der Waals surface area contributed by atoms with E-state index in [1.54, 1.807) is 55.6 Å². The summed E-state index contributed by atoms with van der Waals surface area (Å²) in [5.74, 6) is 0.438. The van der Waals surface area contributed by atoms with Crippen molar-refractivity contribution in [3.63, 3.8) is 0 Å². The van der Waals surface area contributed by atoms with Crippen molar-refractivity contribution in [1.82, 2.24) is 4.90 Å². The van der Waals surface area contributed by atoms with E-state index in [-0.39, 0.29) is 18.9 Å². The lowest BCUT2D eigenvalue weighted by Gasteiger charge is -2.32. The third kappa shape index (κ3) is 7.17. The van der Waals surface area contributed by atoms with Gasteiger partial charge in [0.25, 0.3) is 5.91 Å². The van der Waals surface area contributed by atoms with Crippen molar-refractivity contribution in [2.75, 3.05) is 33.8 Å². The van der Waals surface area contributed by atoms with Crippen molar-refractivity contribution >= 4 is 17.5 Å². The molecule has 2 amide bonds. The molecule has 218 valence electrons. The molecule has 1 atom stereocenters. The summed E-state index contributed by atoms with van der Waals surface area (Å²) in [4.78, 5) is 29.7. The van der Waals surface area contributed by atoms with Gasteiger partial charge in [-0.05, 0) is 65.2 Å². The molecular weight excluding hydrogens is 539 g/mol. The number of ether oxygens (including phenoxy) is 4. The normalized spacial score (nSPS) is 11.3. The van der Waals surface area contributed by atoms with Crippen LogP contribution in [0.1, 0.15) is 22.7 Å². The van der Waals surface area contributed by atoms with E-state index in [2.05, 4.69) is 5.32 Å². The minimum absolute atomic E-state index is 0.0311. The van der Waals surface area contributed by atoms with Crippen molar-refractivity contribution < 1.29 is 32.9 Å². The second-order valence-corrected chi connectivity index (χ2v) is 9.39. The van der Waals surface area contributed by atoms with Crippen LogP contribution in [0, 0.1) is 5.82 Å². The summed E-state index contributed by atoms with van der Waals surface area (Å²) in [5, 5.41) is 2.93. The summed E-state index contributed by atoms with van der Waals surface area (Å²) in [5.41, 5.74) is 2.37. The number of rotatable bonds is 12. The highest BCUT2D eigenvalue weighted by Crippen LogP contribution is 2.41. The number of methoxy groups -OCH3 is 4. The summed E-state index contributed by atoms with van der Waals surface area (Å²) < 4.78 is 35.6. The van der Waals surface area contributed by atoms with Gasteiger partial charge < -0.3 is 29.2 Å². The van der Waals surface area contributed by atoms with Gasteiger partial charge in [0.2, 0.25) is 11.7 Å². The first kappa shape index (κ1) is 29.9. The molecule has 1 unspecified atom stereocenters. The Morgan fingerprint density at radius 3 is 1.93 bits per heavy atom. The van der Waals surface area contributed by atoms with E-state index >= 15 is 0 Å². The lowest BCUT2D eigenvalue weighted by molar-refractivity contribution is -0.139. The van der Waals surface area contributed by atoms with Crippen LogP contribution in [0.5, 0.6) is 23.0 Å². The first-order chi connectivity index (χ1) is 20.4. The average molecular weight is 573 g/mol. The minimum atomic E-state index is -1.14. The van der Waals surface area contributed by atoms with Gasteiger partial charge in [-0.25, -0.2) is 4.39 Å². The Morgan fingerprint density at radius 2 is 1.38 bits per heavy atom. The fourth-order valence-corrected chi connectivity index (χ4v) is 4.60. The Kier molecular flexibility index (Phi) is 9.99. The summed E-state index contributed by atoms with van der Waals surface area (Å²) in [7, 11) is 5.99. The van der Waals surface area contributed by atoms with Crippen LogP contribution >= 0.6 is 0 Å². The third-order valence-corrected chi connectivity index (χ3v) is 6.71. The minimum Gasteiger partial charge on any atom is -0.497 e. The SMILES string of the molecule is COc1ccc(NC(=O)C(c2cc(OC)c(OC)c(OC)c2)N(Cc2ccc(F)cc2)C(=O)Cc2ccccc2)cc1. The number of carbonyl (C=O) groups excluding carboxylic acids is 2. The number of anilines is 1. The maximum absolute atomic E-state index is 14.2. The van der Waals surface area contributed by atoms with Gasteiger partial charge in [0.1, 0.15) is 17.6 Å². The molecule has 0 heterocycles. The van der Waals surface area contributed by atoms with E-state index in [1.807, 2.05) is 30.3 Å². The number of carbonyl (C=O) groups is 2. The van der Waals surface area contributed by atoms with E-state index in [1.165, 1.54) is 38.4 Å². The molecule has 42 heavy (non-hydrogen) atoms. The van der Waals surface area contributed by atoms with Crippen LogP contribution in [0.2, 0.25) is 0 Å². The third-order valence-electron chi connectivity index (χ3n) is 6.71. The fraction of sp³-hybridized carbons (Fsp3) is 0.212. The lowest BCUT2D eigenvalue weighted by Crippen LogP contribution is -2.41. The Morgan fingerprint density at radius 1 is 0.762 bits per heavy atom. The van der Waals surface area contributed by atoms with Crippen LogP contribution < -0.4 is 24.3 Å². The van der Waals surface area contributed by atoms with Crippen LogP contribution in [0.25, 0.3) is 0 Å².